The molecule has 35 heavy (non-hydrogen) atoms. The van der Waals surface area contributed by atoms with Gasteiger partial charge in [-0.1, -0.05) is 24.3 Å². The van der Waals surface area contributed by atoms with Gasteiger partial charge in [0, 0.05) is 70.5 Å². The summed E-state index contributed by atoms with van der Waals surface area (Å²) in [5.74, 6) is -0.141. The van der Waals surface area contributed by atoms with Gasteiger partial charge in [-0.25, -0.2) is 4.39 Å². The van der Waals surface area contributed by atoms with Crippen LogP contribution < -0.4 is 0 Å². The van der Waals surface area contributed by atoms with Crippen LogP contribution in [-0.2, 0) is 24.8 Å². The second-order valence-electron chi connectivity index (χ2n) is 9.29. The minimum Gasteiger partial charge on any atom is -0.379 e. The molecule has 0 bridgehead atoms. The van der Waals surface area contributed by atoms with Gasteiger partial charge in [-0.15, -0.1) is 11.3 Å². The van der Waals surface area contributed by atoms with Gasteiger partial charge >= 0.3 is 0 Å². The van der Waals surface area contributed by atoms with E-state index in [4.69, 9.17) is 4.74 Å². The number of nitrogens with one attached hydrogen (secondary N) is 1. The molecule has 0 radical (unpaired) electrons. The Bertz CT molecular complexity index is 1580. The van der Waals surface area contributed by atoms with Gasteiger partial charge in [-0.05, 0) is 23.8 Å². The lowest BCUT2D eigenvalue weighted by Crippen LogP contribution is -2.35. The topological polar surface area (TPSA) is 59.0 Å². The standard InChI is InChI=1S/C27H24FN5OS/c1-32-23-11-17(3-4-18(23)14-29-32)26-21-13-25-20(27(21)31-30-26)12-24(35-25)16-2-5-19(22(28)10-16)15-33-6-8-34-9-7-33/h2-5,10-12,14H,6-9,13,15H2,1H3,(H,30,31). The SMILES string of the molecule is Cn1ncc2ccc(-c3n[nH]c4c3Cc3sc(-c5ccc(CN6CCOCC6)c(F)c5)cc3-4)cc21. The highest BCUT2D eigenvalue weighted by molar-refractivity contribution is 7.16. The van der Waals surface area contributed by atoms with Crippen LogP contribution in [0.3, 0.4) is 0 Å². The Kier molecular flexibility index (Phi) is 4.87. The number of aromatic nitrogens is 4. The lowest BCUT2D eigenvalue weighted by molar-refractivity contribution is 0.0337. The van der Waals surface area contributed by atoms with Gasteiger partial charge in [-0.3, -0.25) is 14.7 Å². The number of fused-ring (bicyclic) bond motifs is 4. The van der Waals surface area contributed by atoms with E-state index in [-0.39, 0.29) is 5.82 Å². The summed E-state index contributed by atoms with van der Waals surface area (Å²) in [6, 6.07) is 14.2. The van der Waals surface area contributed by atoms with Crippen molar-refractivity contribution in [2.75, 3.05) is 26.3 Å². The van der Waals surface area contributed by atoms with E-state index in [1.54, 1.807) is 17.4 Å². The predicted molar refractivity (Wildman–Crippen MR) is 136 cm³/mol. The van der Waals surface area contributed by atoms with Crippen molar-refractivity contribution in [1.82, 2.24) is 24.9 Å². The van der Waals surface area contributed by atoms with E-state index in [1.165, 1.54) is 16.0 Å². The number of H-pyrrole nitrogens is 1. The molecular formula is C27H24FN5OS. The number of morpholine rings is 1. The molecule has 176 valence electrons. The first kappa shape index (κ1) is 21.0. The molecule has 4 heterocycles. The van der Waals surface area contributed by atoms with E-state index in [1.807, 2.05) is 30.1 Å². The number of aromatic amines is 1. The van der Waals surface area contributed by atoms with E-state index in [9.17, 15) is 4.39 Å². The first-order valence-electron chi connectivity index (χ1n) is 11.9. The molecule has 0 spiro atoms. The molecular weight excluding hydrogens is 461 g/mol. The molecule has 0 unspecified atom stereocenters. The Balaban J connectivity index is 1.17. The van der Waals surface area contributed by atoms with Crippen molar-refractivity contribution in [2.24, 2.45) is 7.05 Å². The number of hydrogen-bond acceptors (Lipinski definition) is 5. The molecule has 3 aromatic heterocycles. The highest BCUT2D eigenvalue weighted by Crippen LogP contribution is 2.46. The minimum atomic E-state index is -0.141. The van der Waals surface area contributed by atoms with Gasteiger partial charge < -0.3 is 4.74 Å². The summed E-state index contributed by atoms with van der Waals surface area (Å²) < 4.78 is 22.3. The summed E-state index contributed by atoms with van der Waals surface area (Å²) in [4.78, 5) is 4.62. The van der Waals surface area contributed by atoms with Crippen LogP contribution >= 0.6 is 11.3 Å². The summed E-state index contributed by atoms with van der Waals surface area (Å²) in [5, 5.41) is 13.4. The molecule has 2 aliphatic rings. The number of rotatable bonds is 4. The fraction of sp³-hybridized carbons (Fsp3) is 0.259. The third kappa shape index (κ3) is 3.52. The van der Waals surface area contributed by atoms with E-state index < -0.39 is 0 Å². The second-order valence-corrected chi connectivity index (χ2v) is 10.4. The Morgan fingerprint density at radius 2 is 1.94 bits per heavy atom. The number of halogens is 1. The first-order chi connectivity index (χ1) is 17.1. The monoisotopic (exact) mass is 485 g/mol. The molecule has 5 aromatic rings. The van der Waals surface area contributed by atoms with Crippen LogP contribution in [0.15, 0.2) is 48.7 Å². The summed E-state index contributed by atoms with van der Waals surface area (Å²) >= 11 is 1.74. The van der Waals surface area contributed by atoms with Crippen molar-refractivity contribution in [2.45, 2.75) is 13.0 Å². The molecule has 1 saturated heterocycles. The maximum Gasteiger partial charge on any atom is 0.128 e. The number of aryl methyl sites for hydroxylation is 1. The Labute approximate surface area is 206 Å². The number of thiophene rings is 1. The zero-order valence-electron chi connectivity index (χ0n) is 19.3. The average molecular weight is 486 g/mol. The Morgan fingerprint density at radius 1 is 1.09 bits per heavy atom. The van der Waals surface area contributed by atoms with Gasteiger partial charge in [0.1, 0.15) is 5.82 Å². The van der Waals surface area contributed by atoms with E-state index in [0.717, 1.165) is 76.6 Å². The largest absolute Gasteiger partial charge is 0.379 e. The van der Waals surface area contributed by atoms with E-state index >= 15 is 0 Å². The van der Waals surface area contributed by atoms with Crippen molar-refractivity contribution in [1.29, 1.82) is 0 Å². The number of ether oxygens (including phenoxy) is 1. The van der Waals surface area contributed by atoms with Crippen molar-refractivity contribution >= 4 is 22.2 Å². The molecule has 1 aliphatic heterocycles. The highest BCUT2D eigenvalue weighted by atomic mass is 32.1. The maximum atomic E-state index is 15.0. The fourth-order valence-corrected chi connectivity index (χ4v) is 6.37. The summed E-state index contributed by atoms with van der Waals surface area (Å²) in [6.07, 6.45) is 2.72. The Morgan fingerprint density at radius 3 is 2.80 bits per heavy atom. The lowest BCUT2D eigenvalue weighted by atomic mass is 10.0. The molecule has 1 fully saturated rings. The number of benzene rings is 2. The summed E-state index contributed by atoms with van der Waals surface area (Å²) in [7, 11) is 1.96. The van der Waals surface area contributed by atoms with E-state index in [2.05, 4.69) is 44.5 Å². The van der Waals surface area contributed by atoms with Gasteiger partial charge in [0.25, 0.3) is 0 Å². The smallest absolute Gasteiger partial charge is 0.128 e. The predicted octanol–water partition coefficient (Wildman–Crippen LogP) is 5.23. The molecule has 0 amide bonds. The fourth-order valence-electron chi connectivity index (χ4n) is 5.19. The first-order valence-corrected chi connectivity index (χ1v) is 12.7. The quantitative estimate of drug-likeness (QED) is 0.371. The summed E-state index contributed by atoms with van der Waals surface area (Å²) in [6.45, 7) is 3.76. The van der Waals surface area contributed by atoms with Crippen LogP contribution in [0.5, 0.6) is 0 Å². The van der Waals surface area contributed by atoms with Crippen LogP contribution in [0.1, 0.15) is 16.0 Å². The third-order valence-corrected chi connectivity index (χ3v) is 8.32. The van der Waals surface area contributed by atoms with Gasteiger partial charge in [0.2, 0.25) is 0 Å². The molecule has 0 saturated carbocycles. The van der Waals surface area contributed by atoms with Gasteiger partial charge in [-0.2, -0.15) is 10.2 Å². The van der Waals surface area contributed by atoms with Crippen LogP contribution in [0.2, 0.25) is 0 Å². The lowest BCUT2D eigenvalue weighted by Gasteiger charge is -2.26. The highest BCUT2D eigenvalue weighted by Gasteiger charge is 2.28. The third-order valence-electron chi connectivity index (χ3n) is 7.14. The molecule has 1 N–H and O–H groups in total. The van der Waals surface area contributed by atoms with Crippen LogP contribution in [0.25, 0.3) is 43.9 Å². The molecule has 8 heteroatoms. The van der Waals surface area contributed by atoms with Crippen molar-refractivity contribution in [3.05, 3.63) is 70.5 Å². The van der Waals surface area contributed by atoms with Crippen LogP contribution in [-0.4, -0.2) is 51.2 Å². The minimum absolute atomic E-state index is 0.141. The second kappa shape index (κ2) is 8.12. The Hall–Kier alpha value is -3.33. The average Bonchev–Trinajstić information content (AvgIpc) is 3.63. The summed E-state index contributed by atoms with van der Waals surface area (Å²) in [5.41, 5.74) is 8.32. The molecule has 0 atom stereocenters. The normalized spacial score (nSPS) is 15.6. The van der Waals surface area contributed by atoms with Crippen LogP contribution in [0, 0.1) is 5.82 Å². The van der Waals surface area contributed by atoms with E-state index in [0.29, 0.717) is 6.54 Å². The van der Waals surface area contributed by atoms with Crippen molar-refractivity contribution in [3.8, 4) is 33.0 Å². The zero-order chi connectivity index (χ0) is 23.5. The molecule has 6 nitrogen and oxygen atoms in total. The number of hydrogen-bond donors (Lipinski definition) is 1. The van der Waals surface area contributed by atoms with Crippen molar-refractivity contribution < 1.29 is 9.13 Å². The van der Waals surface area contributed by atoms with Gasteiger partial charge in [0.05, 0.1) is 36.3 Å². The van der Waals surface area contributed by atoms with Gasteiger partial charge in [0.15, 0.2) is 0 Å². The maximum absolute atomic E-state index is 15.0. The van der Waals surface area contributed by atoms with Crippen LogP contribution in [0.4, 0.5) is 4.39 Å². The van der Waals surface area contributed by atoms with Crippen molar-refractivity contribution in [3.63, 3.8) is 0 Å². The molecule has 1 aliphatic carbocycles. The zero-order valence-corrected chi connectivity index (χ0v) is 20.2. The molecule has 2 aromatic carbocycles. The number of nitrogens with zero attached hydrogens (tertiary/aromatic N) is 4. The molecule has 7 rings (SSSR count).